The number of carbonyl (C=O) groups excluding carboxylic acids is 1. The molecule has 2 N–H and O–H groups in total. The van der Waals surface area contributed by atoms with Crippen molar-refractivity contribution >= 4 is 23.4 Å². The van der Waals surface area contributed by atoms with Gasteiger partial charge in [0.1, 0.15) is 17.4 Å². The molecule has 1 aromatic heterocycles. The summed E-state index contributed by atoms with van der Waals surface area (Å²) in [4.78, 5) is 31.6. The van der Waals surface area contributed by atoms with Crippen LogP contribution in [0.4, 0.5) is 5.69 Å². The summed E-state index contributed by atoms with van der Waals surface area (Å²) in [6.07, 6.45) is 0. The number of benzene rings is 2. The maximum absolute atomic E-state index is 12.3. The van der Waals surface area contributed by atoms with E-state index >= 15 is 0 Å². The second kappa shape index (κ2) is 9.57. The van der Waals surface area contributed by atoms with Gasteiger partial charge in [0.25, 0.3) is 5.56 Å². The fourth-order valence-corrected chi connectivity index (χ4v) is 3.26. The van der Waals surface area contributed by atoms with Gasteiger partial charge in [-0.2, -0.15) is 5.26 Å². The van der Waals surface area contributed by atoms with Crippen LogP contribution in [0.1, 0.15) is 12.5 Å². The Morgan fingerprint density at radius 2 is 1.93 bits per heavy atom. The highest BCUT2D eigenvalue weighted by Crippen LogP contribution is 2.25. The molecule has 0 saturated carbocycles. The summed E-state index contributed by atoms with van der Waals surface area (Å²) in [5.41, 5.74) is 0.932. The molecule has 0 atom stereocenters. The highest BCUT2D eigenvalue weighted by atomic mass is 32.2. The number of thioether (sulfide) groups is 1. The number of carbonyl (C=O) groups is 1. The molecule has 0 aliphatic rings. The Bertz CT molecular complexity index is 1110. The third-order valence-electron chi connectivity index (χ3n) is 3.86. The third-order valence-corrected chi connectivity index (χ3v) is 4.73. The molecule has 0 aliphatic heterocycles. The van der Waals surface area contributed by atoms with Crippen LogP contribution in [0.15, 0.2) is 64.5 Å². The van der Waals surface area contributed by atoms with Gasteiger partial charge in [-0.3, -0.25) is 9.59 Å². The monoisotopic (exact) mass is 406 g/mol. The van der Waals surface area contributed by atoms with E-state index < -0.39 is 5.56 Å². The lowest BCUT2D eigenvalue weighted by atomic mass is 10.1. The molecule has 8 heteroatoms. The van der Waals surface area contributed by atoms with E-state index in [9.17, 15) is 14.9 Å². The lowest BCUT2D eigenvalue weighted by Crippen LogP contribution is -2.17. The van der Waals surface area contributed by atoms with Crippen molar-refractivity contribution in [3.05, 3.63) is 70.5 Å². The summed E-state index contributed by atoms with van der Waals surface area (Å²) < 4.78 is 5.49. The van der Waals surface area contributed by atoms with E-state index in [1.54, 1.807) is 42.5 Å². The van der Waals surface area contributed by atoms with Gasteiger partial charge in [-0.25, -0.2) is 4.98 Å². The van der Waals surface area contributed by atoms with Crippen LogP contribution in [-0.4, -0.2) is 28.2 Å². The van der Waals surface area contributed by atoms with Crippen molar-refractivity contribution in [1.82, 2.24) is 9.97 Å². The van der Waals surface area contributed by atoms with Gasteiger partial charge in [-0.05, 0) is 19.1 Å². The first-order chi connectivity index (χ1) is 14.1. The minimum atomic E-state index is -0.536. The van der Waals surface area contributed by atoms with Gasteiger partial charge in [-0.1, -0.05) is 54.2 Å². The summed E-state index contributed by atoms with van der Waals surface area (Å²) in [6.45, 7) is 2.35. The number of hydrogen-bond donors (Lipinski definition) is 2. The smallest absolute Gasteiger partial charge is 0.270 e. The first-order valence-corrected chi connectivity index (χ1v) is 9.85. The molecule has 3 rings (SSSR count). The molecule has 0 fully saturated rings. The van der Waals surface area contributed by atoms with Crippen molar-refractivity contribution in [2.75, 3.05) is 17.7 Å². The van der Waals surface area contributed by atoms with Crippen molar-refractivity contribution in [3.63, 3.8) is 0 Å². The number of ether oxygens (including phenoxy) is 1. The number of H-pyrrole nitrogens is 1. The maximum atomic E-state index is 12.3. The largest absolute Gasteiger partial charge is 0.492 e. The van der Waals surface area contributed by atoms with Gasteiger partial charge in [0.05, 0.1) is 23.7 Å². The Morgan fingerprint density at radius 1 is 1.21 bits per heavy atom. The number of nitrogens with one attached hydrogen (secondary N) is 2. The minimum absolute atomic E-state index is 0.0313. The first-order valence-electron chi connectivity index (χ1n) is 8.86. The molecule has 1 amide bonds. The average molecular weight is 406 g/mol. The summed E-state index contributed by atoms with van der Waals surface area (Å²) in [7, 11) is 0. The number of para-hydroxylation sites is 2. The number of nitriles is 1. The van der Waals surface area contributed by atoms with Crippen LogP contribution < -0.4 is 15.6 Å². The molecule has 146 valence electrons. The molecule has 1 heterocycles. The zero-order valence-corrected chi connectivity index (χ0v) is 16.5. The molecule has 0 unspecified atom stereocenters. The maximum Gasteiger partial charge on any atom is 0.270 e. The highest BCUT2D eigenvalue weighted by Gasteiger charge is 2.15. The molecular weight excluding hydrogens is 388 g/mol. The van der Waals surface area contributed by atoms with Gasteiger partial charge in [0, 0.05) is 5.56 Å². The normalized spacial score (nSPS) is 10.2. The Kier molecular flexibility index (Phi) is 6.66. The number of anilines is 1. The van der Waals surface area contributed by atoms with E-state index in [1.165, 1.54) is 0 Å². The van der Waals surface area contributed by atoms with Crippen molar-refractivity contribution in [3.8, 4) is 23.1 Å². The Balaban J connectivity index is 1.76. The summed E-state index contributed by atoms with van der Waals surface area (Å²) in [6, 6.07) is 18.0. The minimum Gasteiger partial charge on any atom is -0.492 e. The summed E-state index contributed by atoms with van der Waals surface area (Å²) in [5.74, 6) is 0.351. The second-order valence-electron chi connectivity index (χ2n) is 5.84. The summed E-state index contributed by atoms with van der Waals surface area (Å²) in [5, 5.41) is 12.4. The van der Waals surface area contributed by atoms with Crippen LogP contribution in [0.2, 0.25) is 0 Å². The highest BCUT2D eigenvalue weighted by molar-refractivity contribution is 7.99. The predicted molar refractivity (Wildman–Crippen MR) is 112 cm³/mol. The molecule has 0 spiro atoms. The van der Waals surface area contributed by atoms with E-state index in [0.29, 0.717) is 29.3 Å². The lowest BCUT2D eigenvalue weighted by Gasteiger charge is -2.11. The molecule has 3 aromatic rings. The number of nitrogens with zero attached hydrogens (tertiary/aromatic N) is 2. The number of amides is 1. The fourth-order valence-electron chi connectivity index (χ4n) is 2.60. The summed E-state index contributed by atoms with van der Waals surface area (Å²) >= 11 is 1.08. The zero-order valence-electron chi connectivity index (χ0n) is 15.6. The topological polar surface area (TPSA) is 108 Å². The Labute approximate surface area is 171 Å². The number of aromatic nitrogens is 2. The molecule has 7 nitrogen and oxygen atoms in total. The fraction of sp³-hybridized carbons (Fsp3) is 0.143. The Morgan fingerprint density at radius 3 is 2.66 bits per heavy atom. The van der Waals surface area contributed by atoms with Crippen molar-refractivity contribution < 1.29 is 9.53 Å². The van der Waals surface area contributed by atoms with Gasteiger partial charge in [-0.15, -0.1) is 0 Å². The van der Waals surface area contributed by atoms with E-state index in [0.717, 1.165) is 11.8 Å². The molecular formula is C21H18N4O3S. The van der Waals surface area contributed by atoms with Crippen molar-refractivity contribution in [1.29, 1.82) is 5.26 Å². The quantitative estimate of drug-likeness (QED) is 0.460. The average Bonchev–Trinajstić information content (AvgIpc) is 2.74. The van der Waals surface area contributed by atoms with Gasteiger partial charge < -0.3 is 15.0 Å². The molecule has 0 aliphatic carbocycles. The number of hydrogen-bond acceptors (Lipinski definition) is 6. The van der Waals surface area contributed by atoms with Crippen LogP contribution in [0.25, 0.3) is 11.3 Å². The van der Waals surface area contributed by atoms with Crippen LogP contribution in [0, 0.1) is 11.3 Å². The number of aromatic amines is 1. The predicted octanol–water partition coefficient (Wildman–Crippen LogP) is 3.44. The zero-order chi connectivity index (χ0) is 20.6. The van der Waals surface area contributed by atoms with E-state index in [4.69, 9.17) is 4.74 Å². The van der Waals surface area contributed by atoms with Crippen LogP contribution in [0.5, 0.6) is 5.75 Å². The van der Waals surface area contributed by atoms with Crippen LogP contribution in [-0.2, 0) is 4.79 Å². The first kappa shape index (κ1) is 20.2. The molecule has 0 radical (unpaired) electrons. The van der Waals surface area contributed by atoms with E-state index in [-0.39, 0.29) is 22.4 Å². The van der Waals surface area contributed by atoms with Crippen LogP contribution in [0.3, 0.4) is 0 Å². The molecule has 0 bridgehead atoms. The van der Waals surface area contributed by atoms with Gasteiger partial charge >= 0.3 is 0 Å². The van der Waals surface area contributed by atoms with E-state index in [1.807, 2.05) is 25.1 Å². The van der Waals surface area contributed by atoms with Crippen molar-refractivity contribution in [2.45, 2.75) is 12.1 Å². The lowest BCUT2D eigenvalue weighted by molar-refractivity contribution is -0.113. The standard InChI is InChI=1S/C21H18N4O3S/c1-2-28-17-11-7-6-10-16(17)23-18(26)13-29-21-24-19(14-8-4-3-5-9-14)15(12-22)20(27)25-21/h3-11H,2,13H2,1H3,(H,23,26)(H,24,25,27). The molecule has 0 saturated heterocycles. The Hall–Kier alpha value is -3.57. The van der Waals surface area contributed by atoms with Crippen LogP contribution >= 0.6 is 11.8 Å². The molecule has 2 aromatic carbocycles. The number of rotatable bonds is 7. The molecule has 29 heavy (non-hydrogen) atoms. The van der Waals surface area contributed by atoms with Crippen molar-refractivity contribution in [2.24, 2.45) is 0 Å². The van der Waals surface area contributed by atoms with E-state index in [2.05, 4.69) is 15.3 Å². The van der Waals surface area contributed by atoms with Gasteiger partial charge in [0.15, 0.2) is 5.16 Å². The second-order valence-corrected chi connectivity index (χ2v) is 6.80. The van der Waals surface area contributed by atoms with Gasteiger partial charge in [0.2, 0.25) is 5.91 Å². The third kappa shape index (κ3) is 5.03. The SMILES string of the molecule is CCOc1ccccc1NC(=O)CSc1nc(-c2ccccc2)c(C#N)c(=O)[nH]1.